The number of hydrogen-bond acceptors (Lipinski definition) is 1. The molecule has 2 nitrogen and oxygen atoms in total. The average molecular weight is 325 g/mol. The molecule has 0 aliphatic rings. The largest absolute Gasteiger partial charge is 0.303 e. The molecule has 0 bridgehead atoms. The van der Waals surface area contributed by atoms with Crippen LogP contribution in [-0.4, -0.2) is 4.57 Å². The molecule has 25 heavy (non-hydrogen) atoms. The van der Waals surface area contributed by atoms with Gasteiger partial charge in [-0.15, -0.1) is 0 Å². The van der Waals surface area contributed by atoms with Gasteiger partial charge < -0.3 is 4.57 Å². The molecule has 2 heteroatoms. The van der Waals surface area contributed by atoms with Gasteiger partial charge in [0, 0.05) is 5.39 Å². The molecule has 0 aliphatic carbocycles. The molecule has 0 saturated heterocycles. The molecule has 0 atom stereocenters. The van der Waals surface area contributed by atoms with Gasteiger partial charge in [0.2, 0.25) is 0 Å². The summed E-state index contributed by atoms with van der Waals surface area (Å²) < 4.78 is 1.88. The van der Waals surface area contributed by atoms with Crippen molar-refractivity contribution >= 4 is 10.8 Å². The van der Waals surface area contributed by atoms with Crippen molar-refractivity contribution in [3.63, 3.8) is 0 Å². The predicted octanol–water partition coefficient (Wildman–Crippen LogP) is 5.03. The van der Waals surface area contributed by atoms with Gasteiger partial charge in [-0.3, -0.25) is 4.79 Å². The fraction of sp³-hybridized carbons (Fsp3) is 0.0870. The Morgan fingerprint density at radius 1 is 0.800 bits per heavy atom. The van der Waals surface area contributed by atoms with E-state index in [-0.39, 0.29) is 5.56 Å². The van der Waals surface area contributed by atoms with E-state index in [0.29, 0.717) is 6.54 Å². The molecule has 1 heterocycles. The van der Waals surface area contributed by atoms with Gasteiger partial charge in [0.05, 0.1) is 12.2 Å². The van der Waals surface area contributed by atoms with Crippen LogP contribution in [0.2, 0.25) is 0 Å². The van der Waals surface area contributed by atoms with Crippen LogP contribution in [0.4, 0.5) is 0 Å². The van der Waals surface area contributed by atoms with Gasteiger partial charge in [0.15, 0.2) is 0 Å². The lowest BCUT2D eigenvalue weighted by atomic mass is 10.1. The van der Waals surface area contributed by atoms with E-state index in [4.69, 9.17) is 0 Å². The van der Waals surface area contributed by atoms with Crippen LogP contribution in [-0.2, 0) is 6.54 Å². The van der Waals surface area contributed by atoms with Crippen molar-refractivity contribution in [2.75, 3.05) is 0 Å². The van der Waals surface area contributed by atoms with Crippen molar-refractivity contribution in [1.29, 1.82) is 0 Å². The molecule has 122 valence electrons. The maximum atomic E-state index is 13.2. The Morgan fingerprint density at radius 2 is 1.48 bits per heavy atom. The van der Waals surface area contributed by atoms with E-state index in [1.165, 1.54) is 5.56 Å². The first-order valence-corrected chi connectivity index (χ1v) is 8.46. The summed E-state index contributed by atoms with van der Waals surface area (Å²) in [5, 5.41) is 1.74. The van der Waals surface area contributed by atoms with Gasteiger partial charge >= 0.3 is 0 Å². The minimum atomic E-state index is 0.0533. The minimum Gasteiger partial charge on any atom is -0.303 e. The number of benzene rings is 3. The number of hydrogen-bond donors (Lipinski definition) is 0. The second-order valence-electron chi connectivity index (χ2n) is 6.36. The fourth-order valence-corrected chi connectivity index (χ4v) is 3.18. The van der Waals surface area contributed by atoms with E-state index in [2.05, 4.69) is 49.4 Å². The zero-order valence-corrected chi connectivity index (χ0v) is 14.1. The average Bonchev–Trinajstić information content (AvgIpc) is 2.66. The Kier molecular flexibility index (Phi) is 3.95. The summed E-state index contributed by atoms with van der Waals surface area (Å²) >= 11 is 0. The van der Waals surface area contributed by atoms with E-state index in [1.54, 1.807) is 0 Å². The van der Waals surface area contributed by atoms with Crippen LogP contribution >= 0.6 is 0 Å². The maximum Gasteiger partial charge on any atom is 0.259 e. The third kappa shape index (κ3) is 2.99. The standard InChI is InChI=1S/C23H19NO/c1-17-11-13-18(14-12-17)16-24-22(19-7-3-2-4-8-19)15-20-9-5-6-10-21(20)23(24)25/h2-15H,16H2,1H3. The normalized spacial score (nSPS) is 10.9. The highest BCUT2D eigenvalue weighted by atomic mass is 16.1. The lowest BCUT2D eigenvalue weighted by molar-refractivity contribution is 0.777. The maximum absolute atomic E-state index is 13.2. The molecule has 0 spiro atoms. The van der Waals surface area contributed by atoms with Gasteiger partial charge in [-0.2, -0.15) is 0 Å². The van der Waals surface area contributed by atoms with Crippen molar-refractivity contribution in [3.05, 3.63) is 106 Å². The molecule has 0 amide bonds. The summed E-state index contributed by atoms with van der Waals surface area (Å²) in [6.45, 7) is 2.63. The fourth-order valence-electron chi connectivity index (χ4n) is 3.18. The summed E-state index contributed by atoms with van der Waals surface area (Å²) in [7, 11) is 0. The van der Waals surface area contributed by atoms with E-state index >= 15 is 0 Å². The van der Waals surface area contributed by atoms with E-state index in [0.717, 1.165) is 27.6 Å². The third-order valence-electron chi connectivity index (χ3n) is 4.55. The Hall–Kier alpha value is -3.13. The van der Waals surface area contributed by atoms with E-state index in [1.807, 2.05) is 47.0 Å². The summed E-state index contributed by atoms with van der Waals surface area (Å²) in [6.07, 6.45) is 0. The summed E-state index contributed by atoms with van der Waals surface area (Å²) in [5.74, 6) is 0. The first kappa shape index (κ1) is 15.4. The van der Waals surface area contributed by atoms with Crippen molar-refractivity contribution < 1.29 is 0 Å². The predicted molar refractivity (Wildman–Crippen MR) is 104 cm³/mol. The molecule has 3 aromatic carbocycles. The molecule has 4 aromatic rings. The number of nitrogens with zero attached hydrogens (tertiary/aromatic N) is 1. The third-order valence-corrected chi connectivity index (χ3v) is 4.55. The second-order valence-corrected chi connectivity index (χ2v) is 6.36. The number of pyridine rings is 1. The quantitative estimate of drug-likeness (QED) is 0.518. The van der Waals surface area contributed by atoms with Crippen molar-refractivity contribution in [2.45, 2.75) is 13.5 Å². The molecular weight excluding hydrogens is 306 g/mol. The Labute approximate surface area is 147 Å². The second kappa shape index (κ2) is 6.40. The van der Waals surface area contributed by atoms with Crippen molar-refractivity contribution in [1.82, 2.24) is 4.57 Å². The SMILES string of the molecule is Cc1ccc(Cn2c(-c3ccccc3)cc3ccccc3c2=O)cc1. The van der Waals surface area contributed by atoms with Gasteiger partial charge in [0.1, 0.15) is 0 Å². The van der Waals surface area contributed by atoms with Gasteiger partial charge in [-0.25, -0.2) is 0 Å². The monoisotopic (exact) mass is 325 g/mol. The van der Waals surface area contributed by atoms with Crippen LogP contribution in [0.15, 0.2) is 89.7 Å². The molecule has 0 fully saturated rings. The number of rotatable bonds is 3. The molecule has 0 saturated carbocycles. The van der Waals surface area contributed by atoms with Crippen LogP contribution in [0.3, 0.4) is 0 Å². The molecular formula is C23H19NO. The number of aryl methyl sites for hydroxylation is 1. The van der Waals surface area contributed by atoms with Gasteiger partial charge in [0.25, 0.3) is 5.56 Å². The van der Waals surface area contributed by atoms with Gasteiger partial charge in [-0.05, 0) is 35.6 Å². The zero-order chi connectivity index (χ0) is 17.2. The number of fused-ring (bicyclic) bond motifs is 1. The Balaban J connectivity index is 1.95. The molecule has 4 rings (SSSR count). The van der Waals surface area contributed by atoms with Gasteiger partial charge in [-0.1, -0.05) is 78.4 Å². The molecule has 0 unspecified atom stereocenters. The summed E-state index contributed by atoms with van der Waals surface area (Å²) in [5.41, 5.74) is 4.40. The molecule has 0 radical (unpaired) electrons. The van der Waals surface area contributed by atoms with E-state index < -0.39 is 0 Å². The first-order valence-electron chi connectivity index (χ1n) is 8.46. The summed E-state index contributed by atoms with van der Waals surface area (Å²) in [4.78, 5) is 13.2. The molecule has 1 aromatic heterocycles. The zero-order valence-electron chi connectivity index (χ0n) is 14.1. The number of aromatic nitrogens is 1. The van der Waals surface area contributed by atoms with Crippen molar-refractivity contribution in [2.24, 2.45) is 0 Å². The Morgan fingerprint density at radius 3 is 2.24 bits per heavy atom. The highest BCUT2D eigenvalue weighted by molar-refractivity contribution is 5.85. The smallest absolute Gasteiger partial charge is 0.259 e. The topological polar surface area (TPSA) is 22.0 Å². The van der Waals surface area contributed by atoms with Crippen LogP contribution in [0.5, 0.6) is 0 Å². The highest BCUT2D eigenvalue weighted by Gasteiger charge is 2.11. The highest BCUT2D eigenvalue weighted by Crippen LogP contribution is 2.23. The lowest BCUT2D eigenvalue weighted by Gasteiger charge is -2.15. The Bertz CT molecular complexity index is 1080. The van der Waals surface area contributed by atoms with Crippen LogP contribution < -0.4 is 5.56 Å². The van der Waals surface area contributed by atoms with Crippen LogP contribution in [0, 0.1) is 6.92 Å². The molecule has 0 N–H and O–H groups in total. The lowest BCUT2D eigenvalue weighted by Crippen LogP contribution is -2.22. The minimum absolute atomic E-state index is 0.0533. The van der Waals surface area contributed by atoms with Crippen LogP contribution in [0.1, 0.15) is 11.1 Å². The van der Waals surface area contributed by atoms with Crippen molar-refractivity contribution in [3.8, 4) is 11.3 Å². The van der Waals surface area contributed by atoms with Crippen LogP contribution in [0.25, 0.3) is 22.0 Å². The first-order chi connectivity index (χ1) is 12.2. The van der Waals surface area contributed by atoms with E-state index in [9.17, 15) is 4.79 Å². The molecule has 0 aliphatic heterocycles. The summed E-state index contributed by atoms with van der Waals surface area (Å²) in [6, 6.07) is 28.4.